The Morgan fingerprint density at radius 1 is 1.25 bits per heavy atom. The zero-order chi connectivity index (χ0) is 15.5. The number of carbonyl (C=O) groups excluding carboxylic acids is 1. The van der Waals surface area contributed by atoms with Crippen molar-refractivity contribution in [1.82, 2.24) is 0 Å². The molecule has 4 heteroatoms. The highest BCUT2D eigenvalue weighted by atomic mass is 16.5. The summed E-state index contributed by atoms with van der Waals surface area (Å²) < 4.78 is 5.50. The Hall–Kier alpha value is -0.610. The van der Waals surface area contributed by atoms with Crippen molar-refractivity contribution < 1.29 is 14.6 Å². The van der Waals surface area contributed by atoms with E-state index in [0.717, 1.165) is 12.8 Å². The van der Waals surface area contributed by atoms with Gasteiger partial charge in [-0.15, -0.1) is 0 Å². The van der Waals surface area contributed by atoms with Crippen LogP contribution in [0.5, 0.6) is 0 Å². The first-order chi connectivity index (χ1) is 9.42. The lowest BCUT2D eigenvalue weighted by atomic mass is 9.92. The summed E-state index contributed by atoms with van der Waals surface area (Å²) in [6.07, 6.45) is 5.15. The summed E-state index contributed by atoms with van der Waals surface area (Å²) in [6, 6.07) is 0. The molecule has 0 fully saturated rings. The molecule has 0 saturated carbocycles. The van der Waals surface area contributed by atoms with Crippen LogP contribution in [0.4, 0.5) is 0 Å². The molecule has 0 aliphatic rings. The molecule has 1 N–H and O–H groups in total. The summed E-state index contributed by atoms with van der Waals surface area (Å²) in [5, 5.41) is 11.2. The fourth-order valence-electron chi connectivity index (χ4n) is 2.29. The van der Waals surface area contributed by atoms with Gasteiger partial charge in [0.1, 0.15) is 0 Å². The van der Waals surface area contributed by atoms with Crippen LogP contribution in [0, 0.1) is 23.0 Å². The maximum absolute atomic E-state index is 12.2. The Morgan fingerprint density at radius 3 is 2.35 bits per heavy atom. The minimum Gasteiger partial charge on any atom is -0.634 e. The Balaban J connectivity index is 4.23. The lowest BCUT2D eigenvalue weighted by Gasteiger charge is -2.24. The number of unbranched alkanes of at least 4 members (excludes halogenated alkanes) is 1. The Morgan fingerprint density at radius 2 is 1.90 bits per heavy atom. The number of quaternary nitrogens is 1. The summed E-state index contributed by atoms with van der Waals surface area (Å²) in [7, 11) is 1.57. The van der Waals surface area contributed by atoms with E-state index in [-0.39, 0.29) is 22.9 Å². The Labute approximate surface area is 124 Å². The van der Waals surface area contributed by atoms with Crippen LogP contribution in [0.25, 0.3) is 0 Å². The van der Waals surface area contributed by atoms with Gasteiger partial charge in [-0.3, -0.25) is 4.79 Å². The molecule has 20 heavy (non-hydrogen) atoms. The van der Waals surface area contributed by atoms with Crippen LogP contribution in [-0.2, 0) is 9.53 Å². The number of ether oxygens (including phenoxy) is 1. The van der Waals surface area contributed by atoms with E-state index in [1.165, 1.54) is 12.8 Å². The van der Waals surface area contributed by atoms with Crippen LogP contribution in [0.15, 0.2) is 0 Å². The average molecular weight is 287 g/mol. The third-order valence-electron chi connectivity index (χ3n) is 3.92. The molecule has 0 radical (unpaired) electrons. The van der Waals surface area contributed by atoms with Gasteiger partial charge in [0.15, 0.2) is 0 Å². The molecule has 0 bridgehead atoms. The fraction of sp³-hybridized carbons (Fsp3) is 0.938. The summed E-state index contributed by atoms with van der Waals surface area (Å²) in [5.74, 6) is 0.413. The molecule has 0 aromatic carbocycles. The van der Waals surface area contributed by atoms with E-state index >= 15 is 0 Å². The van der Waals surface area contributed by atoms with Crippen LogP contribution in [-0.4, -0.2) is 26.2 Å². The second kappa shape index (κ2) is 11.1. The number of rotatable bonds is 11. The van der Waals surface area contributed by atoms with Gasteiger partial charge in [-0.2, -0.15) is 0 Å². The van der Waals surface area contributed by atoms with E-state index in [2.05, 4.69) is 13.8 Å². The van der Waals surface area contributed by atoms with Crippen molar-refractivity contribution in [3.05, 3.63) is 5.21 Å². The molecule has 0 aromatic rings. The predicted octanol–water partition coefficient (Wildman–Crippen LogP) is 2.42. The maximum Gasteiger partial charge on any atom is 0.309 e. The van der Waals surface area contributed by atoms with Gasteiger partial charge in [0, 0.05) is 6.42 Å². The van der Waals surface area contributed by atoms with Gasteiger partial charge in [-0.25, -0.2) is 0 Å². The first-order valence-electron chi connectivity index (χ1n) is 8.08. The standard InChI is InChI=1S/C16H33NO3/c1-6-8-9-14(7-2)12-20-16(18)15(13(3)4)10-11-17(5)19/h13-15,17H,6-12H2,1-5H3. The van der Waals surface area contributed by atoms with Gasteiger partial charge in [0.05, 0.1) is 26.1 Å². The van der Waals surface area contributed by atoms with E-state index in [9.17, 15) is 10.0 Å². The molecule has 0 rings (SSSR count). The summed E-state index contributed by atoms with van der Waals surface area (Å²) in [4.78, 5) is 12.2. The third kappa shape index (κ3) is 8.54. The van der Waals surface area contributed by atoms with Crippen molar-refractivity contribution in [2.75, 3.05) is 20.2 Å². The van der Waals surface area contributed by atoms with E-state index in [1.807, 2.05) is 13.8 Å². The third-order valence-corrected chi connectivity index (χ3v) is 3.92. The van der Waals surface area contributed by atoms with E-state index in [1.54, 1.807) is 7.05 Å². The van der Waals surface area contributed by atoms with Crippen LogP contribution >= 0.6 is 0 Å². The molecule has 0 aliphatic heterocycles. The zero-order valence-electron chi connectivity index (χ0n) is 13.9. The van der Waals surface area contributed by atoms with Gasteiger partial charge in [0.2, 0.25) is 0 Å². The largest absolute Gasteiger partial charge is 0.634 e. The summed E-state index contributed by atoms with van der Waals surface area (Å²) in [5.41, 5.74) is 0. The average Bonchev–Trinajstić information content (AvgIpc) is 2.38. The first-order valence-corrected chi connectivity index (χ1v) is 8.08. The highest BCUT2D eigenvalue weighted by Crippen LogP contribution is 2.18. The Kier molecular flexibility index (Phi) is 10.8. The fourth-order valence-corrected chi connectivity index (χ4v) is 2.29. The van der Waals surface area contributed by atoms with Crippen molar-refractivity contribution in [2.45, 2.75) is 59.8 Å². The number of hydrogen-bond donors (Lipinski definition) is 1. The van der Waals surface area contributed by atoms with Crippen molar-refractivity contribution in [3.8, 4) is 0 Å². The summed E-state index contributed by atoms with van der Waals surface area (Å²) in [6.45, 7) is 9.34. The van der Waals surface area contributed by atoms with E-state index in [0.29, 0.717) is 25.5 Å². The smallest absolute Gasteiger partial charge is 0.309 e. The molecule has 0 amide bonds. The van der Waals surface area contributed by atoms with Crippen LogP contribution in [0.2, 0.25) is 0 Å². The number of hydrogen-bond acceptors (Lipinski definition) is 3. The minimum absolute atomic E-state index is 0.129. The van der Waals surface area contributed by atoms with Gasteiger partial charge >= 0.3 is 5.97 Å². The van der Waals surface area contributed by atoms with E-state index in [4.69, 9.17) is 4.74 Å². The molecule has 3 unspecified atom stereocenters. The number of nitrogens with one attached hydrogen (secondary N) is 1. The molecule has 0 heterocycles. The second-order valence-corrected chi connectivity index (χ2v) is 6.14. The predicted molar refractivity (Wildman–Crippen MR) is 82.3 cm³/mol. The molecule has 120 valence electrons. The highest BCUT2D eigenvalue weighted by molar-refractivity contribution is 5.72. The van der Waals surface area contributed by atoms with Crippen molar-refractivity contribution in [3.63, 3.8) is 0 Å². The quantitative estimate of drug-likeness (QED) is 0.469. The van der Waals surface area contributed by atoms with Crippen LogP contribution in [0.1, 0.15) is 59.8 Å². The molecular formula is C16H33NO3. The lowest BCUT2D eigenvalue weighted by molar-refractivity contribution is -0.826. The van der Waals surface area contributed by atoms with Crippen molar-refractivity contribution >= 4 is 5.97 Å². The van der Waals surface area contributed by atoms with Gasteiger partial charge in [-0.1, -0.05) is 47.0 Å². The second-order valence-electron chi connectivity index (χ2n) is 6.14. The topological polar surface area (TPSA) is 53.8 Å². The molecular weight excluding hydrogens is 254 g/mol. The van der Waals surface area contributed by atoms with Crippen molar-refractivity contribution in [2.24, 2.45) is 17.8 Å². The monoisotopic (exact) mass is 287 g/mol. The zero-order valence-corrected chi connectivity index (χ0v) is 13.9. The SMILES string of the molecule is CCCCC(CC)COC(=O)C(CC[NH+](C)[O-])C(C)C. The molecule has 0 spiro atoms. The molecule has 4 nitrogen and oxygen atoms in total. The lowest BCUT2D eigenvalue weighted by Crippen LogP contribution is -3.03. The molecule has 0 saturated heterocycles. The van der Waals surface area contributed by atoms with Crippen LogP contribution in [0.3, 0.4) is 0 Å². The number of carbonyl (C=O) groups is 1. The van der Waals surface area contributed by atoms with Gasteiger partial charge in [0.25, 0.3) is 0 Å². The van der Waals surface area contributed by atoms with Crippen molar-refractivity contribution in [1.29, 1.82) is 0 Å². The normalized spacial score (nSPS) is 15.9. The highest BCUT2D eigenvalue weighted by Gasteiger charge is 2.25. The molecule has 3 atom stereocenters. The summed E-state index contributed by atoms with van der Waals surface area (Å²) >= 11 is 0. The van der Waals surface area contributed by atoms with Crippen LogP contribution < -0.4 is 5.06 Å². The number of esters is 1. The van der Waals surface area contributed by atoms with Gasteiger partial charge in [-0.05, 0) is 18.3 Å². The van der Waals surface area contributed by atoms with Gasteiger partial charge < -0.3 is 15.0 Å². The Bertz CT molecular complexity index is 254. The van der Waals surface area contributed by atoms with E-state index < -0.39 is 0 Å². The first kappa shape index (κ1) is 19.4. The minimum atomic E-state index is -0.150. The molecule has 0 aromatic heterocycles. The molecule has 0 aliphatic carbocycles. The number of hydroxylamine groups is 2. The maximum atomic E-state index is 12.2.